The van der Waals surface area contributed by atoms with Gasteiger partial charge < -0.3 is 15.2 Å². The molecule has 148 valence electrons. The zero-order valence-corrected chi connectivity index (χ0v) is 16.2. The lowest BCUT2D eigenvalue weighted by atomic mass is 9.92. The van der Waals surface area contributed by atoms with Crippen molar-refractivity contribution in [2.45, 2.75) is 31.8 Å². The smallest absolute Gasteiger partial charge is 0.310 e. The Kier molecular flexibility index (Phi) is 8.43. The van der Waals surface area contributed by atoms with E-state index >= 15 is 0 Å². The molecular weight excluding hydrogens is 354 g/mol. The van der Waals surface area contributed by atoms with Crippen LogP contribution in [0.1, 0.15) is 36.9 Å². The standard InChI is InChI=1S/C23H27NO4/c1-17(19-11-7-4-8-12-19)24-21(15-13-18-9-5-3-6-10-18)20(23(27)28-2)14-16-22(25)26/h3-13,15,17,20-21,24H,14,16H2,1-2H3,(H,25,26)/b15-13+/t17-,20-,21-/m1/s1. The second kappa shape index (κ2) is 11.0. The molecule has 0 radical (unpaired) electrons. The number of nitrogens with one attached hydrogen (secondary N) is 1. The van der Waals surface area contributed by atoms with E-state index in [0.717, 1.165) is 11.1 Å². The molecule has 3 atom stereocenters. The van der Waals surface area contributed by atoms with E-state index < -0.39 is 17.9 Å². The molecule has 28 heavy (non-hydrogen) atoms. The van der Waals surface area contributed by atoms with Gasteiger partial charge in [-0.15, -0.1) is 0 Å². The van der Waals surface area contributed by atoms with Crippen molar-refractivity contribution in [2.24, 2.45) is 5.92 Å². The zero-order valence-electron chi connectivity index (χ0n) is 16.2. The first kappa shape index (κ1) is 21.4. The number of carbonyl (C=O) groups is 2. The Labute approximate surface area is 166 Å². The Morgan fingerprint density at radius 1 is 1.07 bits per heavy atom. The minimum Gasteiger partial charge on any atom is -0.481 e. The largest absolute Gasteiger partial charge is 0.481 e. The summed E-state index contributed by atoms with van der Waals surface area (Å²) in [6.45, 7) is 2.02. The number of methoxy groups -OCH3 is 1. The van der Waals surface area contributed by atoms with Gasteiger partial charge in [0.1, 0.15) is 0 Å². The number of hydrogen-bond acceptors (Lipinski definition) is 4. The molecule has 0 bridgehead atoms. The van der Waals surface area contributed by atoms with Crippen molar-refractivity contribution < 1.29 is 19.4 Å². The van der Waals surface area contributed by atoms with Crippen molar-refractivity contribution in [3.8, 4) is 0 Å². The highest BCUT2D eigenvalue weighted by Crippen LogP contribution is 2.21. The van der Waals surface area contributed by atoms with E-state index in [1.165, 1.54) is 7.11 Å². The third-order valence-corrected chi connectivity index (χ3v) is 4.64. The van der Waals surface area contributed by atoms with E-state index in [1.807, 2.05) is 79.7 Å². The number of carbonyl (C=O) groups excluding carboxylic acids is 1. The molecule has 0 aromatic heterocycles. The van der Waals surface area contributed by atoms with Crippen LogP contribution in [0.2, 0.25) is 0 Å². The van der Waals surface area contributed by atoms with Crippen LogP contribution in [0, 0.1) is 5.92 Å². The lowest BCUT2D eigenvalue weighted by Crippen LogP contribution is -2.41. The number of esters is 1. The van der Waals surface area contributed by atoms with Crippen molar-refractivity contribution in [1.29, 1.82) is 0 Å². The second-order valence-corrected chi connectivity index (χ2v) is 6.66. The monoisotopic (exact) mass is 381 g/mol. The van der Waals surface area contributed by atoms with Crippen LogP contribution in [0.15, 0.2) is 66.7 Å². The number of rotatable bonds is 10. The molecule has 0 fully saturated rings. The highest BCUT2D eigenvalue weighted by Gasteiger charge is 2.29. The zero-order chi connectivity index (χ0) is 20.4. The summed E-state index contributed by atoms with van der Waals surface area (Å²) in [5.74, 6) is -1.96. The van der Waals surface area contributed by atoms with Gasteiger partial charge >= 0.3 is 11.9 Å². The van der Waals surface area contributed by atoms with Gasteiger partial charge in [-0.2, -0.15) is 0 Å². The van der Waals surface area contributed by atoms with Crippen LogP contribution in [0.25, 0.3) is 6.08 Å². The molecule has 0 saturated heterocycles. The lowest BCUT2D eigenvalue weighted by Gasteiger charge is -2.27. The predicted molar refractivity (Wildman–Crippen MR) is 110 cm³/mol. The number of benzene rings is 2. The fourth-order valence-electron chi connectivity index (χ4n) is 3.09. The summed E-state index contributed by atoms with van der Waals surface area (Å²) in [6, 6.07) is 19.3. The molecule has 0 amide bonds. The number of ether oxygens (including phenoxy) is 1. The average Bonchev–Trinajstić information content (AvgIpc) is 2.72. The molecule has 2 N–H and O–H groups in total. The quantitative estimate of drug-likeness (QED) is 0.607. The Bertz CT molecular complexity index is 774. The molecule has 0 aliphatic heterocycles. The fourth-order valence-corrected chi connectivity index (χ4v) is 3.09. The average molecular weight is 381 g/mol. The van der Waals surface area contributed by atoms with Crippen molar-refractivity contribution in [3.05, 3.63) is 77.9 Å². The molecule has 2 rings (SSSR count). The molecule has 0 unspecified atom stereocenters. The van der Waals surface area contributed by atoms with Crippen LogP contribution in [-0.2, 0) is 14.3 Å². The number of aliphatic carboxylic acids is 1. The van der Waals surface area contributed by atoms with Gasteiger partial charge in [-0.3, -0.25) is 9.59 Å². The summed E-state index contributed by atoms with van der Waals surface area (Å²) in [5.41, 5.74) is 2.09. The molecule has 0 aliphatic rings. The molecule has 0 aliphatic carbocycles. The van der Waals surface area contributed by atoms with Crippen molar-refractivity contribution in [1.82, 2.24) is 5.32 Å². The Morgan fingerprint density at radius 2 is 1.68 bits per heavy atom. The van der Waals surface area contributed by atoms with Gasteiger partial charge in [-0.25, -0.2) is 0 Å². The second-order valence-electron chi connectivity index (χ2n) is 6.66. The minimum absolute atomic E-state index is 0.0244. The van der Waals surface area contributed by atoms with Gasteiger partial charge in [0.2, 0.25) is 0 Å². The Balaban J connectivity index is 2.27. The van der Waals surface area contributed by atoms with E-state index in [1.54, 1.807) is 0 Å². The first-order valence-corrected chi connectivity index (χ1v) is 9.35. The van der Waals surface area contributed by atoms with Gasteiger partial charge in [0.25, 0.3) is 0 Å². The lowest BCUT2D eigenvalue weighted by molar-refractivity contribution is -0.147. The Morgan fingerprint density at radius 3 is 2.25 bits per heavy atom. The highest BCUT2D eigenvalue weighted by molar-refractivity contribution is 5.75. The van der Waals surface area contributed by atoms with Gasteiger partial charge in [0, 0.05) is 18.5 Å². The fraction of sp³-hybridized carbons (Fsp3) is 0.304. The minimum atomic E-state index is -0.934. The molecule has 2 aromatic rings. The summed E-state index contributed by atoms with van der Waals surface area (Å²) < 4.78 is 4.96. The summed E-state index contributed by atoms with van der Waals surface area (Å²) in [5, 5.41) is 12.5. The van der Waals surface area contributed by atoms with Gasteiger partial charge in [0.05, 0.1) is 13.0 Å². The summed E-state index contributed by atoms with van der Waals surface area (Å²) in [7, 11) is 1.33. The normalized spacial score (nSPS) is 14.4. The van der Waals surface area contributed by atoms with Crippen LogP contribution in [0.4, 0.5) is 0 Å². The molecule has 5 heteroatoms. The molecule has 0 saturated carbocycles. The molecular formula is C23H27NO4. The maximum absolute atomic E-state index is 12.4. The predicted octanol–water partition coefficient (Wildman–Crippen LogP) is 4.07. The van der Waals surface area contributed by atoms with Crippen LogP contribution >= 0.6 is 0 Å². The van der Waals surface area contributed by atoms with Crippen LogP contribution in [-0.4, -0.2) is 30.2 Å². The van der Waals surface area contributed by atoms with Crippen molar-refractivity contribution >= 4 is 18.0 Å². The first-order valence-electron chi connectivity index (χ1n) is 9.35. The van der Waals surface area contributed by atoms with Crippen LogP contribution < -0.4 is 5.32 Å². The van der Waals surface area contributed by atoms with Gasteiger partial charge in [-0.1, -0.05) is 72.8 Å². The van der Waals surface area contributed by atoms with E-state index in [9.17, 15) is 9.59 Å². The number of carboxylic acids is 1. The van der Waals surface area contributed by atoms with Crippen molar-refractivity contribution in [2.75, 3.05) is 7.11 Å². The first-order chi connectivity index (χ1) is 13.5. The van der Waals surface area contributed by atoms with E-state index in [2.05, 4.69) is 5.32 Å². The maximum Gasteiger partial charge on any atom is 0.310 e. The SMILES string of the molecule is COC(=O)[C@H](CCC(=O)O)[C@@H](/C=C/c1ccccc1)N[C@H](C)c1ccccc1. The van der Waals surface area contributed by atoms with Crippen molar-refractivity contribution in [3.63, 3.8) is 0 Å². The van der Waals surface area contributed by atoms with E-state index in [0.29, 0.717) is 0 Å². The Hall–Kier alpha value is -2.92. The number of hydrogen-bond donors (Lipinski definition) is 2. The maximum atomic E-state index is 12.4. The van der Waals surface area contributed by atoms with E-state index in [-0.39, 0.29) is 24.9 Å². The molecule has 0 heterocycles. The van der Waals surface area contributed by atoms with Crippen LogP contribution in [0.3, 0.4) is 0 Å². The van der Waals surface area contributed by atoms with Crippen LogP contribution in [0.5, 0.6) is 0 Å². The molecule has 2 aromatic carbocycles. The third-order valence-electron chi connectivity index (χ3n) is 4.64. The third kappa shape index (κ3) is 6.67. The molecule has 0 spiro atoms. The molecule has 5 nitrogen and oxygen atoms in total. The summed E-state index contributed by atoms with van der Waals surface area (Å²) in [4.78, 5) is 23.5. The summed E-state index contributed by atoms with van der Waals surface area (Å²) in [6.07, 6.45) is 3.95. The van der Waals surface area contributed by atoms with E-state index in [4.69, 9.17) is 9.84 Å². The van der Waals surface area contributed by atoms with Gasteiger partial charge in [-0.05, 0) is 24.5 Å². The van der Waals surface area contributed by atoms with Gasteiger partial charge in [0.15, 0.2) is 0 Å². The summed E-state index contributed by atoms with van der Waals surface area (Å²) >= 11 is 0. The topological polar surface area (TPSA) is 75.6 Å². The highest BCUT2D eigenvalue weighted by atomic mass is 16.5. The number of carboxylic acid groups (broad SMARTS) is 1.